The number of H-pyrrole nitrogens is 1. The van der Waals surface area contributed by atoms with Gasteiger partial charge in [-0.05, 0) is 13.0 Å². The van der Waals surface area contributed by atoms with Crippen LogP contribution in [0.5, 0.6) is 0 Å². The Labute approximate surface area is 126 Å². The Morgan fingerprint density at radius 2 is 2.00 bits per heavy atom. The molecule has 1 heterocycles. The van der Waals surface area contributed by atoms with Crippen LogP contribution in [0.3, 0.4) is 0 Å². The highest BCUT2D eigenvalue weighted by atomic mass is 32.3. The van der Waals surface area contributed by atoms with Crippen LogP contribution in [0.25, 0.3) is 0 Å². The molecule has 0 aliphatic heterocycles. The van der Waals surface area contributed by atoms with Crippen molar-refractivity contribution in [3.05, 3.63) is 18.2 Å². The van der Waals surface area contributed by atoms with Gasteiger partial charge in [0, 0.05) is 24.7 Å². The second kappa shape index (κ2) is 9.83. The number of carbonyl (C=O) groups is 2. The molecule has 1 amide bonds. The number of nitrogens with two attached hydrogens (primary N) is 1. The van der Waals surface area contributed by atoms with Crippen LogP contribution >= 0.6 is 0 Å². The predicted molar refractivity (Wildman–Crippen MR) is 74.3 cm³/mol. The lowest BCUT2D eigenvalue weighted by Crippen LogP contribution is -2.42. The van der Waals surface area contributed by atoms with E-state index in [2.05, 4.69) is 15.3 Å². The molecule has 0 radical (unpaired) electrons. The molecule has 0 saturated heterocycles. The van der Waals surface area contributed by atoms with Crippen LogP contribution in [0.4, 0.5) is 0 Å². The van der Waals surface area contributed by atoms with Crippen molar-refractivity contribution in [1.29, 1.82) is 0 Å². The average molecular weight is 338 g/mol. The second-order valence-corrected chi connectivity index (χ2v) is 4.98. The highest BCUT2D eigenvalue weighted by Crippen LogP contribution is 1.99. The fraction of sp³-hybridized carbons (Fsp3) is 0.500. The van der Waals surface area contributed by atoms with E-state index in [1.807, 2.05) is 0 Å². The third-order valence-electron chi connectivity index (χ3n) is 2.22. The van der Waals surface area contributed by atoms with Gasteiger partial charge in [-0.3, -0.25) is 13.9 Å². The molecule has 11 nitrogen and oxygen atoms in total. The van der Waals surface area contributed by atoms with Crippen molar-refractivity contribution in [3.63, 3.8) is 0 Å². The van der Waals surface area contributed by atoms with Crippen molar-refractivity contribution in [2.75, 3.05) is 6.54 Å². The van der Waals surface area contributed by atoms with Gasteiger partial charge < -0.3 is 21.1 Å². The average Bonchev–Trinajstić information content (AvgIpc) is 2.86. The molecule has 126 valence electrons. The summed E-state index contributed by atoms with van der Waals surface area (Å²) < 4.78 is 31.6. The van der Waals surface area contributed by atoms with E-state index in [-0.39, 0.29) is 18.7 Å². The maximum Gasteiger partial charge on any atom is 0.394 e. The number of hydrogen-bond donors (Lipinski definition) is 6. The Bertz CT molecular complexity index is 550. The molecule has 0 saturated carbocycles. The second-order valence-electron chi connectivity index (χ2n) is 4.08. The Morgan fingerprint density at radius 3 is 2.41 bits per heavy atom. The molecule has 12 heteroatoms. The summed E-state index contributed by atoms with van der Waals surface area (Å²) in [6.07, 6.45) is 3.96. The minimum Gasteiger partial charge on any atom is -0.480 e. The molecular formula is C10H18N4O7S. The molecule has 1 atom stereocenters. The molecule has 0 bridgehead atoms. The lowest BCUT2D eigenvalue weighted by atomic mass is 10.1. The van der Waals surface area contributed by atoms with Crippen LogP contribution in [0, 0.1) is 0 Å². The van der Waals surface area contributed by atoms with Gasteiger partial charge in [-0.2, -0.15) is 8.42 Å². The number of hydrogen-bond acceptors (Lipinski definition) is 6. The van der Waals surface area contributed by atoms with Crippen LogP contribution in [-0.2, 0) is 26.4 Å². The highest BCUT2D eigenvalue weighted by Gasteiger charge is 2.20. The monoisotopic (exact) mass is 338 g/mol. The molecule has 7 N–H and O–H groups in total. The van der Waals surface area contributed by atoms with Gasteiger partial charge >= 0.3 is 16.4 Å². The zero-order chi connectivity index (χ0) is 17.2. The summed E-state index contributed by atoms with van der Waals surface area (Å²) in [5.41, 5.74) is 5.93. The molecule has 1 aromatic rings. The largest absolute Gasteiger partial charge is 0.480 e. The smallest absolute Gasteiger partial charge is 0.394 e. The van der Waals surface area contributed by atoms with Crippen molar-refractivity contribution >= 4 is 22.3 Å². The summed E-state index contributed by atoms with van der Waals surface area (Å²) in [6.45, 7) is 0.408. The molecule has 1 rings (SSSR count). The standard InChI is InChI=1S/C10H16N4O3.H2O4S/c11-3-1-2-9(15)14-8(10(16)17)4-7-5-12-6-13-7;1-5(2,3)4/h5-6,8H,1-4,11H2,(H,12,13)(H,14,15)(H,16,17);(H2,1,2,3,4)/t8-;/m0./s1. The molecular weight excluding hydrogens is 320 g/mol. The minimum absolute atomic E-state index is 0.184. The lowest BCUT2D eigenvalue weighted by molar-refractivity contribution is -0.141. The Balaban J connectivity index is 0.000000763. The number of nitrogens with zero attached hydrogens (tertiary/aromatic N) is 1. The van der Waals surface area contributed by atoms with Crippen LogP contribution in [0.2, 0.25) is 0 Å². The van der Waals surface area contributed by atoms with Crippen molar-refractivity contribution in [2.45, 2.75) is 25.3 Å². The van der Waals surface area contributed by atoms with Crippen molar-refractivity contribution in [3.8, 4) is 0 Å². The summed E-state index contributed by atoms with van der Waals surface area (Å²) in [7, 11) is -4.67. The molecule has 0 unspecified atom stereocenters. The van der Waals surface area contributed by atoms with E-state index >= 15 is 0 Å². The highest BCUT2D eigenvalue weighted by molar-refractivity contribution is 7.79. The van der Waals surface area contributed by atoms with Gasteiger partial charge in [0.2, 0.25) is 5.91 Å². The topological polar surface area (TPSA) is 196 Å². The van der Waals surface area contributed by atoms with Crippen LogP contribution < -0.4 is 11.1 Å². The fourth-order valence-electron chi connectivity index (χ4n) is 1.35. The zero-order valence-electron chi connectivity index (χ0n) is 11.5. The normalized spacial score (nSPS) is 12.0. The first-order valence-corrected chi connectivity index (χ1v) is 7.42. The number of nitrogens with one attached hydrogen (secondary N) is 2. The van der Waals surface area contributed by atoms with Crippen molar-refractivity contribution < 1.29 is 32.2 Å². The predicted octanol–water partition coefficient (Wildman–Crippen LogP) is -1.39. The lowest BCUT2D eigenvalue weighted by Gasteiger charge is -2.13. The van der Waals surface area contributed by atoms with Gasteiger partial charge in [-0.25, -0.2) is 9.78 Å². The number of carbonyl (C=O) groups excluding carboxylic acids is 1. The van der Waals surface area contributed by atoms with Crippen molar-refractivity contribution in [1.82, 2.24) is 15.3 Å². The van der Waals surface area contributed by atoms with E-state index in [1.165, 1.54) is 12.5 Å². The van der Waals surface area contributed by atoms with E-state index in [1.54, 1.807) is 0 Å². The first-order chi connectivity index (χ1) is 10.1. The van der Waals surface area contributed by atoms with E-state index in [4.69, 9.17) is 28.4 Å². The maximum absolute atomic E-state index is 11.4. The number of imidazole rings is 1. The van der Waals surface area contributed by atoms with E-state index in [9.17, 15) is 9.59 Å². The van der Waals surface area contributed by atoms with Gasteiger partial charge in [0.1, 0.15) is 6.04 Å². The van der Waals surface area contributed by atoms with Gasteiger partial charge in [0.05, 0.1) is 6.33 Å². The number of aromatic nitrogens is 2. The summed E-state index contributed by atoms with van der Waals surface area (Å²) in [4.78, 5) is 28.9. The minimum atomic E-state index is -4.67. The molecule has 0 aliphatic rings. The van der Waals surface area contributed by atoms with E-state index in [0.29, 0.717) is 18.7 Å². The molecule has 1 aromatic heterocycles. The van der Waals surface area contributed by atoms with Crippen LogP contribution in [0.15, 0.2) is 12.5 Å². The number of carboxylic acid groups (broad SMARTS) is 1. The number of amides is 1. The summed E-state index contributed by atoms with van der Waals surface area (Å²) in [5.74, 6) is -1.37. The number of carboxylic acids is 1. The number of rotatable bonds is 7. The van der Waals surface area contributed by atoms with E-state index < -0.39 is 22.4 Å². The van der Waals surface area contributed by atoms with Crippen molar-refractivity contribution in [2.24, 2.45) is 5.73 Å². The van der Waals surface area contributed by atoms with Gasteiger partial charge in [-0.1, -0.05) is 0 Å². The van der Waals surface area contributed by atoms with E-state index in [0.717, 1.165) is 0 Å². The molecule has 0 aromatic carbocycles. The third kappa shape index (κ3) is 11.8. The maximum atomic E-state index is 11.4. The SMILES string of the molecule is NCCCC(=O)N[C@@H](Cc1cnc[nH]1)C(=O)O.O=S(=O)(O)O. The number of aliphatic carboxylic acids is 1. The first kappa shape index (κ1) is 20.0. The van der Waals surface area contributed by atoms with Crippen LogP contribution in [0.1, 0.15) is 18.5 Å². The quantitative estimate of drug-likeness (QED) is 0.324. The Hall–Kier alpha value is -2.02. The Kier molecular flexibility index (Phi) is 8.93. The van der Waals surface area contributed by atoms with Gasteiger partial charge in [0.25, 0.3) is 0 Å². The molecule has 0 spiro atoms. The first-order valence-electron chi connectivity index (χ1n) is 6.03. The Morgan fingerprint density at radius 1 is 1.41 bits per heavy atom. The summed E-state index contributed by atoms with van der Waals surface area (Å²) >= 11 is 0. The number of aromatic amines is 1. The molecule has 0 aliphatic carbocycles. The summed E-state index contributed by atoms with van der Waals surface area (Å²) in [5, 5.41) is 11.4. The van der Waals surface area contributed by atoms with Crippen LogP contribution in [-0.4, -0.2) is 57.1 Å². The van der Waals surface area contributed by atoms with Gasteiger partial charge in [0.15, 0.2) is 0 Å². The summed E-state index contributed by atoms with van der Waals surface area (Å²) in [6, 6.07) is -0.944. The zero-order valence-corrected chi connectivity index (χ0v) is 12.3. The van der Waals surface area contributed by atoms with Gasteiger partial charge in [-0.15, -0.1) is 0 Å². The molecule has 0 fully saturated rings. The third-order valence-corrected chi connectivity index (χ3v) is 2.22. The fourth-order valence-corrected chi connectivity index (χ4v) is 1.35. The molecule has 22 heavy (non-hydrogen) atoms.